The minimum absolute atomic E-state index is 0.129. The van der Waals surface area contributed by atoms with E-state index in [0.29, 0.717) is 5.92 Å². The van der Waals surface area contributed by atoms with Gasteiger partial charge in [-0.25, -0.2) is 0 Å². The van der Waals surface area contributed by atoms with Crippen molar-refractivity contribution in [1.29, 1.82) is 0 Å². The molecule has 0 saturated carbocycles. The topological polar surface area (TPSA) is 22.4 Å². The lowest BCUT2D eigenvalue weighted by Crippen LogP contribution is -2.15. The van der Waals surface area contributed by atoms with Crippen molar-refractivity contribution in [2.75, 3.05) is 0 Å². The fourth-order valence-electron chi connectivity index (χ4n) is 4.84. The number of fused-ring (bicyclic) bond motifs is 2. The SMILES string of the molecule is CC.CC.CC.CC.CC1=C(c2ccc(-c3ccc(-c4oc5ccccc5c4C)cc3)cc2)OC2C=CC=CC12. The third-order valence-corrected chi connectivity index (χ3v) is 6.67. The molecule has 2 aliphatic rings. The summed E-state index contributed by atoms with van der Waals surface area (Å²) >= 11 is 0. The Morgan fingerprint density at radius 2 is 1.05 bits per heavy atom. The lowest BCUT2D eigenvalue weighted by molar-refractivity contribution is 0.212. The van der Waals surface area contributed by atoms with Crippen molar-refractivity contribution in [2.24, 2.45) is 5.92 Å². The minimum atomic E-state index is 0.129. The second-order valence-corrected chi connectivity index (χ2v) is 8.60. The molecule has 0 N–H and O–H groups in total. The van der Waals surface area contributed by atoms with E-state index in [-0.39, 0.29) is 6.10 Å². The van der Waals surface area contributed by atoms with Gasteiger partial charge in [-0.15, -0.1) is 0 Å². The first kappa shape index (κ1) is 32.4. The summed E-state index contributed by atoms with van der Waals surface area (Å²) in [5.41, 5.74) is 8.03. The Balaban J connectivity index is 0.000000646. The molecule has 212 valence electrons. The summed E-state index contributed by atoms with van der Waals surface area (Å²) in [6.45, 7) is 20.3. The van der Waals surface area contributed by atoms with Gasteiger partial charge in [0, 0.05) is 28.0 Å². The summed E-state index contributed by atoms with van der Waals surface area (Å²) < 4.78 is 12.4. The molecule has 1 aliphatic heterocycles. The zero-order chi connectivity index (χ0) is 29.7. The molecule has 2 atom stereocenters. The summed E-state index contributed by atoms with van der Waals surface area (Å²) in [5.74, 6) is 2.31. The Labute approximate surface area is 243 Å². The van der Waals surface area contributed by atoms with Crippen LogP contribution in [0.4, 0.5) is 0 Å². The molecule has 0 spiro atoms. The lowest BCUT2D eigenvalue weighted by atomic mass is 9.91. The van der Waals surface area contributed by atoms with Crippen LogP contribution < -0.4 is 0 Å². The average Bonchev–Trinajstić information content (AvgIpc) is 3.58. The predicted molar refractivity (Wildman–Crippen MR) is 176 cm³/mol. The Bertz CT molecular complexity index is 1400. The van der Waals surface area contributed by atoms with Crippen LogP contribution in [-0.4, -0.2) is 6.10 Å². The number of aryl methyl sites for hydroxylation is 1. The molecule has 4 aromatic rings. The molecule has 6 rings (SSSR count). The van der Waals surface area contributed by atoms with Crippen molar-refractivity contribution in [3.8, 4) is 22.5 Å². The quantitative estimate of drug-likeness (QED) is 0.260. The van der Waals surface area contributed by atoms with Crippen molar-refractivity contribution < 1.29 is 9.15 Å². The van der Waals surface area contributed by atoms with E-state index in [2.05, 4.69) is 98.8 Å². The molecular formula is C38H48O2. The number of para-hydroxylation sites is 1. The Morgan fingerprint density at radius 1 is 0.550 bits per heavy atom. The van der Waals surface area contributed by atoms with Crippen LogP contribution >= 0.6 is 0 Å². The van der Waals surface area contributed by atoms with Crippen molar-refractivity contribution in [3.05, 3.63) is 114 Å². The monoisotopic (exact) mass is 536 g/mol. The highest BCUT2D eigenvalue weighted by molar-refractivity contribution is 5.87. The van der Waals surface area contributed by atoms with E-state index in [1.54, 1.807) is 0 Å². The lowest BCUT2D eigenvalue weighted by Gasteiger charge is -2.16. The predicted octanol–water partition coefficient (Wildman–Crippen LogP) is 12.1. The Morgan fingerprint density at radius 3 is 1.60 bits per heavy atom. The molecule has 40 heavy (non-hydrogen) atoms. The van der Waals surface area contributed by atoms with E-state index in [9.17, 15) is 0 Å². The van der Waals surface area contributed by atoms with Crippen LogP contribution in [0.1, 0.15) is 73.4 Å². The molecule has 1 aromatic heterocycles. The maximum Gasteiger partial charge on any atom is 0.138 e. The molecule has 0 amide bonds. The normalized spacial score (nSPS) is 16.1. The molecule has 0 radical (unpaired) electrons. The second kappa shape index (κ2) is 16.4. The minimum Gasteiger partial charge on any atom is -0.485 e. The summed E-state index contributed by atoms with van der Waals surface area (Å²) in [5, 5.41) is 1.17. The van der Waals surface area contributed by atoms with Crippen LogP contribution in [0.5, 0.6) is 0 Å². The molecule has 0 fully saturated rings. The van der Waals surface area contributed by atoms with E-state index in [4.69, 9.17) is 9.15 Å². The first-order valence-electron chi connectivity index (χ1n) is 15.1. The first-order chi connectivity index (χ1) is 19.7. The molecule has 1 aliphatic carbocycles. The van der Waals surface area contributed by atoms with Crippen molar-refractivity contribution in [3.63, 3.8) is 0 Å². The summed E-state index contributed by atoms with van der Waals surface area (Å²) in [7, 11) is 0. The summed E-state index contributed by atoms with van der Waals surface area (Å²) in [4.78, 5) is 0. The first-order valence-corrected chi connectivity index (χ1v) is 15.1. The van der Waals surface area contributed by atoms with E-state index in [1.807, 2.05) is 67.5 Å². The highest BCUT2D eigenvalue weighted by atomic mass is 16.5. The van der Waals surface area contributed by atoms with Gasteiger partial charge in [-0.1, -0.05) is 140 Å². The number of allylic oxidation sites excluding steroid dienone is 2. The van der Waals surface area contributed by atoms with Gasteiger partial charge in [0.2, 0.25) is 0 Å². The Hall–Kier alpha value is -3.78. The summed E-state index contributed by atoms with van der Waals surface area (Å²) in [6.07, 6.45) is 8.67. The molecular weight excluding hydrogens is 488 g/mol. The van der Waals surface area contributed by atoms with E-state index in [1.165, 1.54) is 27.6 Å². The smallest absolute Gasteiger partial charge is 0.138 e. The van der Waals surface area contributed by atoms with Gasteiger partial charge in [0.1, 0.15) is 23.2 Å². The maximum absolute atomic E-state index is 6.24. The fourth-order valence-corrected chi connectivity index (χ4v) is 4.84. The van der Waals surface area contributed by atoms with Crippen LogP contribution in [0, 0.1) is 12.8 Å². The van der Waals surface area contributed by atoms with E-state index >= 15 is 0 Å². The zero-order valence-electron chi connectivity index (χ0n) is 26.2. The maximum atomic E-state index is 6.24. The number of benzene rings is 3. The van der Waals surface area contributed by atoms with Gasteiger partial charge in [-0.05, 0) is 42.7 Å². The number of furan rings is 1. The van der Waals surface area contributed by atoms with Gasteiger partial charge < -0.3 is 9.15 Å². The molecule has 2 heterocycles. The molecule has 2 unspecified atom stereocenters. The average molecular weight is 537 g/mol. The molecule has 2 heteroatoms. The van der Waals surface area contributed by atoms with Gasteiger partial charge in [0.15, 0.2) is 0 Å². The van der Waals surface area contributed by atoms with Gasteiger partial charge in [0.25, 0.3) is 0 Å². The third kappa shape index (κ3) is 6.86. The van der Waals surface area contributed by atoms with E-state index in [0.717, 1.165) is 28.2 Å². The highest BCUT2D eigenvalue weighted by Crippen LogP contribution is 2.40. The number of ether oxygens (including phenoxy) is 1. The third-order valence-electron chi connectivity index (χ3n) is 6.67. The van der Waals surface area contributed by atoms with Crippen molar-refractivity contribution in [2.45, 2.75) is 75.3 Å². The van der Waals surface area contributed by atoms with Crippen molar-refractivity contribution >= 4 is 16.7 Å². The number of hydrogen-bond donors (Lipinski definition) is 0. The van der Waals surface area contributed by atoms with Crippen LogP contribution in [0.15, 0.2) is 107 Å². The largest absolute Gasteiger partial charge is 0.485 e. The van der Waals surface area contributed by atoms with Crippen LogP contribution in [0.2, 0.25) is 0 Å². The van der Waals surface area contributed by atoms with E-state index < -0.39 is 0 Å². The second-order valence-electron chi connectivity index (χ2n) is 8.60. The number of rotatable bonds is 3. The molecule has 2 nitrogen and oxygen atoms in total. The van der Waals surface area contributed by atoms with Crippen molar-refractivity contribution in [1.82, 2.24) is 0 Å². The molecule has 0 saturated heterocycles. The van der Waals surface area contributed by atoms with Crippen LogP contribution in [0.25, 0.3) is 39.2 Å². The highest BCUT2D eigenvalue weighted by Gasteiger charge is 2.32. The number of hydrogen-bond acceptors (Lipinski definition) is 2. The van der Waals surface area contributed by atoms with Gasteiger partial charge in [0.05, 0.1) is 0 Å². The molecule has 3 aromatic carbocycles. The molecule has 0 bridgehead atoms. The van der Waals surface area contributed by atoms with Crippen LogP contribution in [-0.2, 0) is 4.74 Å². The standard InChI is InChI=1S/C30H24O2.4C2H6/c1-19-25-7-3-5-9-27(25)31-29(19)23-15-11-21(12-16-23)22-13-17-24(18-14-22)30-20(2)26-8-4-6-10-28(26)32-30;4*1-2/h3-18,25,27H,1-2H3;4*1-2H3. The summed E-state index contributed by atoms with van der Waals surface area (Å²) in [6, 6.07) is 25.5. The fraction of sp³-hybridized carbons (Fsp3) is 0.316. The van der Waals surface area contributed by atoms with Crippen LogP contribution in [0.3, 0.4) is 0 Å². The van der Waals surface area contributed by atoms with Gasteiger partial charge >= 0.3 is 0 Å². The Kier molecular flexibility index (Phi) is 13.3. The van der Waals surface area contributed by atoms with Gasteiger partial charge in [-0.2, -0.15) is 0 Å². The zero-order valence-corrected chi connectivity index (χ0v) is 26.2. The van der Waals surface area contributed by atoms with Gasteiger partial charge in [-0.3, -0.25) is 0 Å².